The van der Waals surface area contributed by atoms with Gasteiger partial charge in [-0.3, -0.25) is 4.79 Å². The van der Waals surface area contributed by atoms with Crippen molar-refractivity contribution in [1.82, 2.24) is 4.31 Å². The summed E-state index contributed by atoms with van der Waals surface area (Å²) in [6, 6.07) is 0. The van der Waals surface area contributed by atoms with Crippen LogP contribution in [-0.2, 0) is 32.4 Å². The highest BCUT2D eigenvalue weighted by Gasteiger charge is 2.33. The van der Waals surface area contributed by atoms with Gasteiger partial charge in [0.2, 0.25) is 15.9 Å². The molecule has 1 aromatic rings. The molecule has 1 aromatic heterocycles. The molecule has 2 aliphatic rings. The van der Waals surface area contributed by atoms with Gasteiger partial charge in [-0.1, -0.05) is 0 Å². The van der Waals surface area contributed by atoms with Gasteiger partial charge in [-0.15, -0.1) is 11.3 Å². The van der Waals surface area contributed by atoms with E-state index in [-0.39, 0.29) is 24.8 Å². The first-order chi connectivity index (χ1) is 13.4. The van der Waals surface area contributed by atoms with Crippen molar-refractivity contribution in [2.75, 3.05) is 30.8 Å². The third-order valence-electron chi connectivity index (χ3n) is 5.40. The van der Waals surface area contributed by atoms with Crippen molar-refractivity contribution >= 4 is 38.2 Å². The molecule has 9 heteroatoms. The van der Waals surface area contributed by atoms with Crippen molar-refractivity contribution in [3.8, 4) is 0 Å². The first-order valence-electron chi connectivity index (χ1n) is 9.97. The number of carbonyl (C=O) groups excluding carboxylic acids is 2. The number of hydrogen-bond donors (Lipinski definition) is 1. The minimum Gasteiger partial charge on any atom is -0.462 e. The van der Waals surface area contributed by atoms with Crippen LogP contribution < -0.4 is 5.32 Å². The molecule has 0 unspecified atom stereocenters. The number of thiophene rings is 1. The van der Waals surface area contributed by atoms with Crippen molar-refractivity contribution in [1.29, 1.82) is 0 Å². The number of carbonyl (C=O) groups is 2. The third-order valence-corrected chi connectivity index (χ3v) is 8.46. The fourth-order valence-electron chi connectivity index (χ4n) is 3.88. The molecule has 2 heterocycles. The second kappa shape index (κ2) is 8.92. The molecule has 1 aliphatic carbocycles. The molecule has 1 fully saturated rings. The molecule has 0 spiro atoms. The van der Waals surface area contributed by atoms with Crippen molar-refractivity contribution in [3.63, 3.8) is 0 Å². The lowest BCUT2D eigenvalue weighted by Crippen LogP contribution is -2.44. The largest absolute Gasteiger partial charge is 0.462 e. The smallest absolute Gasteiger partial charge is 0.341 e. The normalized spacial score (nSPS) is 20.4. The summed E-state index contributed by atoms with van der Waals surface area (Å²) in [6.07, 6.45) is 5.13. The van der Waals surface area contributed by atoms with Crippen LogP contribution >= 0.6 is 11.3 Å². The number of sulfonamides is 1. The number of aryl methyl sites for hydroxylation is 1. The molecule has 156 valence electrons. The summed E-state index contributed by atoms with van der Waals surface area (Å²) in [5, 5.41) is 3.47. The molecule has 1 N–H and O–H groups in total. The van der Waals surface area contributed by atoms with E-state index in [4.69, 9.17) is 4.74 Å². The number of fused-ring (bicyclic) bond motifs is 1. The summed E-state index contributed by atoms with van der Waals surface area (Å²) in [6.45, 7) is 4.31. The highest BCUT2D eigenvalue weighted by atomic mass is 32.2. The third kappa shape index (κ3) is 4.41. The molecule has 0 saturated carbocycles. The van der Waals surface area contributed by atoms with E-state index in [1.807, 2.05) is 0 Å². The van der Waals surface area contributed by atoms with Crippen molar-refractivity contribution < 1.29 is 22.7 Å². The summed E-state index contributed by atoms with van der Waals surface area (Å²) in [7, 11) is -3.31. The van der Waals surface area contributed by atoms with E-state index in [0.29, 0.717) is 30.0 Å². The van der Waals surface area contributed by atoms with Gasteiger partial charge in [0.15, 0.2) is 0 Å². The molecule has 1 amide bonds. The number of piperidine rings is 1. The van der Waals surface area contributed by atoms with E-state index in [0.717, 1.165) is 36.1 Å². The Hall–Kier alpha value is -1.45. The monoisotopic (exact) mass is 428 g/mol. The van der Waals surface area contributed by atoms with Gasteiger partial charge in [-0.2, -0.15) is 0 Å². The molecule has 1 atom stereocenters. The highest BCUT2D eigenvalue weighted by Crippen LogP contribution is 2.39. The van der Waals surface area contributed by atoms with Crippen LogP contribution in [0.5, 0.6) is 0 Å². The average Bonchev–Trinajstić information content (AvgIpc) is 3.06. The Bertz CT molecular complexity index is 847. The van der Waals surface area contributed by atoms with Gasteiger partial charge in [0.25, 0.3) is 0 Å². The number of ether oxygens (including phenoxy) is 1. The van der Waals surface area contributed by atoms with Crippen LogP contribution in [0.4, 0.5) is 5.00 Å². The van der Waals surface area contributed by atoms with E-state index in [1.54, 1.807) is 13.8 Å². The number of hydrogen-bond acceptors (Lipinski definition) is 6. The zero-order chi connectivity index (χ0) is 20.3. The number of esters is 1. The predicted molar refractivity (Wildman–Crippen MR) is 109 cm³/mol. The van der Waals surface area contributed by atoms with E-state index < -0.39 is 21.9 Å². The predicted octanol–water partition coefficient (Wildman–Crippen LogP) is 2.80. The van der Waals surface area contributed by atoms with Crippen molar-refractivity contribution in [2.45, 2.75) is 52.4 Å². The molecule has 0 radical (unpaired) electrons. The van der Waals surface area contributed by atoms with Gasteiger partial charge in [0.1, 0.15) is 5.00 Å². The quantitative estimate of drug-likeness (QED) is 0.704. The van der Waals surface area contributed by atoms with Gasteiger partial charge in [-0.25, -0.2) is 17.5 Å². The minimum absolute atomic E-state index is 0.0337. The van der Waals surface area contributed by atoms with Crippen LogP contribution in [0.25, 0.3) is 0 Å². The van der Waals surface area contributed by atoms with Crippen LogP contribution in [0.15, 0.2) is 0 Å². The molecule has 1 saturated heterocycles. The van der Waals surface area contributed by atoms with Gasteiger partial charge >= 0.3 is 5.97 Å². The Morgan fingerprint density at radius 3 is 2.68 bits per heavy atom. The first kappa shape index (κ1) is 21.3. The number of nitrogens with one attached hydrogen (secondary N) is 1. The lowest BCUT2D eigenvalue weighted by atomic mass is 9.95. The standard InChI is InChI=1S/C19H28N2O5S2/c1-3-26-19(23)16-14-9-5-6-10-15(14)27-18(16)20-17(22)13-8-7-11-21(12-13)28(24,25)4-2/h13H,3-12H2,1-2H3,(H,20,22)/t13-/m0/s1. The maximum Gasteiger partial charge on any atom is 0.341 e. The second-order valence-electron chi connectivity index (χ2n) is 7.22. The van der Waals surface area contributed by atoms with Crippen molar-refractivity contribution in [3.05, 3.63) is 16.0 Å². The fourth-order valence-corrected chi connectivity index (χ4v) is 6.34. The molecule has 3 rings (SSSR count). The summed E-state index contributed by atoms with van der Waals surface area (Å²) in [5.41, 5.74) is 1.49. The first-order valence-corrected chi connectivity index (χ1v) is 12.4. The van der Waals surface area contributed by atoms with Gasteiger partial charge in [-0.05, 0) is 57.9 Å². The fraction of sp³-hybridized carbons (Fsp3) is 0.684. The molecule has 0 bridgehead atoms. The van der Waals surface area contributed by atoms with E-state index in [9.17, 15) is 18.0 Å². The Labute approximate surface area is 170 Å². The topological polar surface area (TPSA) is 92.8 Å². The van der Waals surface area contributed by atoms with Crippen molar-refractivity contribution in [2.24, 2.45) is 5.92 Å². The Balaban J connectivity index is 1.80. The van der Waals surface area contributed by atoms with E-state index >= 15 is 0 Å². The Morgan fingerprint density at radius 2 is 1.96 bits per heavy atom. The summed E-state index contributed by atoms with van der Waals surface area (Å²) in [4.78, 5) is 26.6. The number of anilines is 1. The highest BCUT2D eigenvalue weighted by molar-refractivity contribution is 7.89. The second-order valence-corrected chi connectivity index (χ2v) is 10.6. The van der Waals surface area contributed by atoms with Crippen LogP contribution in [-0.4, -0.2) is 50.0 Å². The van der Waals surface area contributed by atoms with E-state index in [1.165, 1.54) is 15.6 Å². The summed E-state index contributed by atoms with van der Waals surface area (Å²) in [5.74, 6) is -0.994. The molecular weight excluding hydrogens is 400 g/mol. The SMILES string of the molecule is CCOC(=O)c1c(NC(=O)[C@H]2CCCN(S(=O)(=O)CC)C2)sc2c1CCCC2. The molecule has 28 heavy (non-hydrogen) atoms. The van der Waals surface area contributed by atoms with Gasteiger partial charge < -0.3 is 10.1 Å². The van der Waals surface area contributed by atoms with Gasteiger partial charge in [0.05, 0.1) is 23.8 Å². The van der Waals surface area contributed by atoms with E-state index in [2.05, 4.69) is 5.32 Å². The molecule has 7 nitrogen and oxygen atoms in total. The van der Waals surface area contributed by atoms with Crippen LogP contribution in [0.1, 0.15) is 60.3 Å². The maximum absolute atomic E-state index is 12.9. The van der Waals surface area contributed by atoms with Crippen LogP contribution in [0, 0.1) is 5.92 Å². The number of amides is 1. The summed E-state index contributed by atoms with van der Waals surface area (Å²) >= 11 is 1.45. The van der Waals surface area contributed by atoms with Crippen LogP contribution in [0.2, 0.25) is 0 Å². The zero-order valence-corrected chi connectivity index (χ0v) is 18.1. The van der Waals surface area contributed by atoms with Gasteiger partial charge in [0, 0.05) is 18.0 Å². The zero-order valence-electron chi connectivity index (χ0n) is 16.5. The molecular formula is C19H28N2O5S2. The average molecular weight is 429 g/mol. The Morgan fingerprint density at radius 1 is 1.21 bits per heavy atom. The lowest BCUT2D eigenvalue weighted by molar-refractivity contribution is -0.120. The minimum atomic E-state index is -3.31. The maximum atomic E-state index is 12.9. The lowest BCUT2D eigenvalue weighted by Gasteiger charge is -2.30. The number of nitrogens with zero attached hydrogens (tertiary/aromatic N) is 1. The summed E-state index contributed by atoms with van der Waals surface area (Å²) < 4.78 is 31.0. The number of rotatable bonds is 6. The molecule has 0 aromatic carbocycles. The van der Waals surface area contributed by atoms with Crippen LogP contribution in [0.3, 0.4) is 0 Å². The molecule has 1 aliphatic heterocycles. The Kier molecular flexibility index (Phi) is 6.77.